The molecule has 0 N–H and O–H groups in total. The van der Waals surface area contributed by atoms with Crippen LogP contribution in [0.2, 0.25) is 0 Å². The predicted molar refractivity (Wildman–Crippen MR) is 92.3 cm³/mol. The third-order valence-electron chi connectivity index (χ3n) is 5.01. The number of nitrogens with zero attached hydrogens (tertiary/aromatic N) is 5. The van der Waals surface area contributed by atoms with Crippen LogP contribution in [0.4, 0.5) is 5.95 Å². The molecule has 0 aromatic carbocycles. The van der Waals surface area contributed by atoms with Crippen molar-refractivity contribution in [2.45, 2.75) is 32.2 Å². The molecule has 2 aliphatic heterocycles. The molecular weight excluding hydrogens is 306 g/mol. The molecule has 3 rings (SSSR count). The Morgan fingerprint density at radius 2 is 2.04 bits per heavy atom. The predicted octanol–water partition coefficient (Wildman–Crippen LogP) is 1.01. The zero-order valence-electron chi connectivity index (χ0n) is 14.6. The van der Waals surface area contributed by atoms with Crippen LogP contribution in [0.25, 0.3) is 0 Å². The number of amides is 1. The Kier molecular flexibility index (Phi) is 5.50. The molecule has 7 nitrogen and oxygen atoms in total. The minimum Gasteiger partial charge on any atom is -0.481 e. The van der Waals surface area contributed by atoms with E-state index in [1.165, 1.54) is 6.42 Å². The lowest BCUT2D eigenvalue weighted by molar-refractivity contribution is -0.138. The summed E-state index contributed by atoms with van der Waals surface area (Å²) in [7, 11) is 1.60. The van der Waals surface area contributed by atoms with E-state index in [0.717, 1.165) is 52.1 Å². The number of anilines is 1. The van der Waals surface area contributed by atoms with E-state index in [4.69, 9.17) is 4.74 Å². The second-order valence-electron chi connectivity index (χ2n) is 6.35. The average Bonchev–Trinajstić information content (AvgIpc) is 2.67. The van der Waals surface area contributed by atoms with Crippen molar-refractivity contribution in [1.29, 1.82) is 0 Å². The molecule has 1 aromatic heterocycles. The molecule has 1 amide bonds. The van der Waals surface area contributed by atoms with E-state index in [9.17, 15) is 4.79 Å². The highest BCUT2D eigenvalue weighted by Crippen LogP contribution is 2.20. The maximum Gasteiger partial charge on any atom is 0.240 e. The van der Waals surface area contributed by atoms with Crippen molar-refractivity contribution in [2.24, 2.45) is 0 Å². The molecule has 0 bridgehead atoms. The molecule has 1 aromatic rings. The number of piperidine rings is 1. The van der Waals surface area contributed by atoms with Gasteiger partial charge in [0.15, 0.2) is 0 Å². The summed E-state index contributed by atoms with van der Waals surface area (Å²) < 4.78 is 5.16. The van der Waals surface area contributed by atoms with Gasteiger partial charge in [-0.1, -0.05) is 13.3 Å². The molecule has 2 saturated heterocycles. The Labute approximate surface area is 143 Å². The summed E-state index contributed by atoms with van der Waals surface area (Å²) in [6, 6.07) is 1.81. The number of hydrogen-bond acceptors (Lipinski definition) is 6. The lowest BCUT2D eigenvalue weighted by atomic mass is 10.0. The first-order valence-corrected chi connectivity index (χ1v) is 8.87. The average molecular weight is 333 g/mol. The summed E-state index contributed by atoms with van der Waals surface area (Å²) in [4.78, 5) is 28.0. The monoisotopic (exact) mass is 333 g/mol. The van der Waals surface area contributed by atoms with Crippen LogP contribution < -0.4 is 9.64 Å². The van der Waals surface area contributed by atoms with Crippen molar-refractivity contribution in [1.82, 2.24) is 19.8 Å². The highest BCUT2D eigenvalue weighted by atomic mass is 16.5. The maximum absolute atomic E-state index is 12.9. The maximum atomic E-state index is 12.9. The van der Waals surface area contributed by atoms with Gasteiger partial charge in [0.25, 0.3) is 0 Å². The molecule has 0 unspecified atom stereocenters. The Morgan fingerprint density at radius 3 is 2.75 bits per heavy atom. The zero-order valence-corrected chi connectivity index (χ0v) is 14.6. The quantitative estimate of drug-likeness (QED) is 0.819. The van der Waals surface area contributed by atoms with Crippen LogP contribution in [-0.2, 0) is 4.79 Å². The normalized spacial score (nSPS) is 22.5. The third kappa shape index (κ3) is 3.61. The standard InChI is InChI=1S/C17H27N5O2/c1-3-20-9-5-4-6-14(20)16(23)21-10-12-22(13-11-21)17-18-8-7-15(19-17)24-2/h7-8,14H,3-6,9-13H2,1-2H3/t14-/m0/s1. The van der Waals surface area contributed by atoms with Crippen LogP contribution in [0.5, 0.6) is 5.88 Å². The van der Waals surface area contributed by atoms with Crippen molar-refractivity contribution in [3.8, 4) is 5.88 Å². The van der Waals surface area contributed by atoms with Gasteiger partial charge in [-0.05, 0) is 25.9 Å². The minimum atomic E-state index is 0.0726. The lowest BCUT2D eigenvalue weighted by Crippen LogP contribution is -2.56. The first kappa shape index (κ1) is 17.0. The number of carbonyl (C=O) groups is 1. The SMILES string of the molecule is CCN1CCCC[C@H]1C(=O)N1CCN(c2nccc(OC)n2)CC1. The molecule has 0 radical (unpaired) electrons. The van der Waals surface area contributed by atoms with Gasteiger partial charge in [-0.3, -0.25) is 9.69 Å². The summed E-state index contributed by atoms with van der Waals surface area (Å²) in [5.41, 5.74) is 0. The van der Waals surface area contributed by atoms with E-state index in [0.29, 0.717) is 17.7 Å². The van der Waals surface area contributed by atoms with Crippen molar-refractivity contribution in [3.05, 3.63) is 12.3 Å². The van der Waals surface area contributed by atoms with Gasteiger partial charge in [-0.25, -0.2) is 4.98 Å². The number of likely N-dealkylation sites (tertiary alicyclic amines) is 1. The van der Waals surface area contributed by atoms with Crippen molar-refractivity contribution >= 4 is 11.9 Å². The largest absolute Gasteiger partial charge is 0.481 e. The van der Waals surface area contributed by atoms with Crippen LogP contribution >= 0.6 is 0 Å². The Morgan fingerprint density at radius 1 is 1.25 bits per heavy atom. The first-order valence-electron chi connectivity index (χ1n) is 8.87. The number of likely N-dealkylation sites (N-methyl/N-ethyl adjacent to an activating group) is 1. The number of rotatable bonds is 4. The Bertz CT molecular complexity index is 560. The van der Waals surface area contributed by atoms with Crippen LogP contribution in [-0.4, -0.2) is 78.1 Å². The van der Waals surface area contributed by atoms with Gasteiger partial charge in [0.1, 0.15) is 0 Å². The molecule has 0 spiro atoms. The van der Waals surface area contributed by atoms with Gasteiger partial charge in [-0.2, -0.15) is 4.98 Å². The lowest BCUT2D eigenvalue weighted by Gasteiger charge is -2.40. The molecule has 7 heteroatoms. The second kappa shape index (κ2) is 7.79. The summed E-state index contributed by atoms with van der Waals surface area (Å²) in [6.07, 6.45) is 5.06. The summed E-state index contributed by atoms with van der Waals surface area (Å²) in [6.45, 7) is 7.12. The number of carbonyl (C=O) groups excluding carboxylic acids is 1. The zero-order chi connectivity index (χ0) is 16.9. The number of methoxy groups -OCH3 is 1. The fourth-order valence-corrected chi connectivity index (χ4v) is 3.59. The van der Waals surface area contributed by atoms with Gasteiger partial charge in [-0.15, -0.1) is 0 Å². The highest BCUT2D eigenvalue weighted by Gasteiger charge is 2.32. The van der Waals surface area contributed by atoms with E-state index in [2.05, 4.69) is 26.7 Å². The van der Waals surface area contributed by atoms with Crippen molar-refractivity contribution < 1.29 is 9.53 Å². The molecule has 132 valence electrons. The van der Waals surface area contributed by atoms with Crippen molar-refractivity contribution in [2.75, 3.05) is 51.3 Å². The minimum absolute atomic E-state index is 0.0726. The van der Waals surface area contributed by atoms with Gasteiger partial charge in [0.05, 0.1) is 13.2 Å². The molecule has 0 saturated carbocycles. The fraction of sp³-hybridized carbons (Fsp3) is 0.706. The number of aromatic nitrogens is 2. The summed E-state index contributed by atoms with van der Waals surface area (Å²) in [5.74, 6) is 1.54. The van der Waals surface area contributed by atoms with Gasteiger partial charge in [0.2, 0.25) is 17.7 Å². The van der Waals surface area contributed by atoms with Crippen LogP contribution in [0.3, 0.4) is 0 Å². The Hall–Kier alpha value is -1.89. The third-order valence-corrected chi connectivity index (χ3v) is 5.01. The molecule has 0 aliphatic carbocycles. The Balaban J connectivity index is 1.59. The van der Waals surface area contributed by atoms with Crippen LogP contribution in [0.15, 0.2) is 12.3 Å². The van der Waals surface area contributed by atoms with Crippen LogP contribution in [0, 0.1) is 0 Å². The topological polar surface area (TPSA) is 61.8 Å². The fourth-order valence-electron chi connectivity index (χ4n) is 3.59. The molecule has 24 heavy (non-hydrogen) atoms. The molecular formula is C17H27N5O2. The van der Waals surface area contributed by atoms with Gasteiger partial charge < -0.3 is 14.5 Å². The molecule has 1 atom stereocenters. The van der Waals surface area contributed by atoms with E-state index in [1.807, 2.05) is 4.90 Å². The number of piperazine rings is 1. The van der Waals surface area contributed by atoms with E-state index in [1.54, 1.807) is 19.4 Å². The molecule has 3 heterocycles. The number of hydrogen-bond donors (Lipinski definition) is 0. The summed E-state index contributed by atoms with van der Waals surface area (Å²) in [5, 5.41) is 0. The second-order valence-corrected chi connectivity index (χ2v) is 6.35. The molecule has 2 fully saturated rings. The number of ether oxygens (including phenoxy) is 1. The van der Waals surface area contributed by atoms with Gasteiger partial charge >= 0.3 is 0 Å². The van der Waals surface area contributed by atoms with Crippen LogP contribution in [0.1, 0.15) is 26.2 Å². The molecule has 2 aliphatic rings. The first-order chi connectivity index (χ1) is 11.7. The van der Waals surface area contributed by atoms with Gasteiger partial charge in [0, 0.05) is 38.4 Å². The van der Waals surface area contributed by atoms with E-state index < -0.39 is 0 Å². The highest BCUT2D eigenvalue weighted by molar-refractivity contribution is 5.82. The van der Waals surface area contributed by atoms with E-state index in [-0.39, 0.29) is 6.04 Å². The van der Waals surface area contributed by atoms with Crippen molar-refractivity contribution in [3.63, 3.8) is 0 Å². The van der Waals surface area contributed by atoms with E-state index >= 15 is 0 Å². The summed E-state index contributed by atoms with van der Waals surface area (Å²) >= 11 is 0. The smallest absolute Gasteiger partial charge is 0.240 e.